The van der Waals surface area contributed by atoms with E-state index in [0.717, 1.165) is 22.7 Å². The molecule has 2 aromatic carbocycles. The second-order valence-corrected chi connectivity index (χ2v) is 4.50. The molecule has 1 N–H and O–H groups in total. The lowest BCUT2D eigenvalue weighted by molar-refractivity contribution is 0.0526. The van der Waals surface area contributed by atoms with Gasteiger partial charge in [0.25, 0.3) is 0 Å². The van der Waals surface area contributed by atoms with Crippen LogP contribution in [-0.4, -0.2) is 12.6 Å². The molecule has 4 nitrogen and oxygen atoms in total. The van der Waals surface area contributed by atoms with Crippen molar-refractivity contribution in [2.24, 2.45) is 0 Å². The Morgan fingerprint density at radius 3 is 2.95 bits per heavy atom. The lowest BCUT2D eigenvalue weighted by atomic mass is 10.1. The van der Waals surface area contributed by atoms with Crippen LogP contribution in [-0.2, 0) is 11.3 Å². The summed E-state index contributed by atoms with van der Waals surface area (Å²) in [6.45, 7) is 2.64. The highest BCUT2D eigenvalue weighted by atomic mass is 16.5. The average Bonchev–Trinajstić information content (AvgIpc) is 2.65. The second-order valence-electron chi connectivity index (χ2n) is 4.50. The third-order valence-electron chi connectivity index (χ3n) is 3.16. The lowest BCUT2D eigenvalue weighted by Crippen LogP contribution is -2.06. The normalized spacial score (nSPS) is 12.2. The van der Waals surface area contributed by atoms with Crippen molar-refractivity contribution in [2.45, 2.75) is 13.5 Å². The van der Waals surface area contributed by atoms with E-state index in [9.17, 15) is 4.79 Å². The van der Waals surface area contributed by atoms with Crippen molar-refractivity contribution >= 4 is 17.3 Å². The van der Waals surface area contributed by atoms with E-state index in [1.807, 2.05) is 30.3 Å². The summed E-state index contributed by atoms with van der Waals surface area (Å²) in [5, 5.41) is 3.31. The quantitative estimate of drug-likeness (QED) is 0.848. The Morgan fingerprint density at radius 2 is 2.10 bits per heavy atom. The molecule has 1 aliphatic rings. The molecule has 0 amide bonds. The maximum atomic E-state index is 11.8. The van der Waals surface area contributed by atoms with Crippen LogP contribution in [0.15, 0.2) is 42.5 Å². The van der Waals surface area contributed by atoms with E-state index in [4.69, 9.17) is 9.47 Å². The van der Waals surface area contributed by atoms with Gasteiger partial charge < -0.3 is 14.8 Å². The number of esters is 1. The molecule has 0 bridgehead atoms. The molecular weight excluding hydrogens is 254 g/mol. The van der Waals surface area contributed by atoms with Crippen molar-refractivity contribution < 1.29 is 14.3 Å². The first-order valence-corrected chi connectivity index (χ1v) is 6.57. The van der Waals surface area contributed by atoms with Crippen molar-refractivity contribution in [3.63, 3.8) is 0 Å². The fourth-order valence-electron chi connectivity index (χ4n) is 2.16. The number of benzene rings is 2. The van der Waals surface area contributed by atoms with Gasteiger partial charge in [-0.15, -0.1) is 0 Å². The molecule has 2 aromatic rings. The van der Waals surface area contributed by atoms with Gasteiger partial charge in [-0.05, 0) is 31.2 Å². The number of rotatable bonds is 2. The molecule has 0 saturated heterocycles. The standard InChI is InChI=1S/C16H15NO3/c1-2-19-16(18)11-7-8-12-10-20-15-6-4-3-5-13(15)17-14(12)9-11/h3-9,17H,2,10H2,1H3. The van der Waals surface area contributed by atoms with Crippen molar-refractivity contribution in [1.29, 1.82) is 0 Å². The van der Waals surface area contributed by atoms with Crippen LogP contribution >= 0.6 is 0 Å². The largest absolute Gasteiger partial charge is 0.487 e. The summed E-state index contributed by atoms with van der Waals surface area (Å²) in [5.41, 5.74) is 3.32. The average molecular weight is 269 g/mol. The van der Waals surface area contributed by atoms with E-state index in [1.54, 1.807) is 19.1 Å². The van der Waals surface area contributed by atoms with Gasteiger partial charge in [-0.2, -0.15) is 0 Å². The van der Waals surface area contributed by atoms with Gasteiger partial charge >= 0.3 is 5.97 Å². The van der Waals surface area contributed by atoms with Gasteiger partial charge in [0.05, 0.1) is 17.9 Å². The fourth-order valence-corrected chi connectivity index (χ4v) is 2.16. The van der Waals surface area contributed by atoms with Gasteiger partial charge in [0, 0.05) is 11.3 Å². The highest BCUT2D eigenvalue weighted by Crippen LogP contribution is 2.34. The van der Waals surface area contributed by atoms with E-state index < -0.39 is 0 Å². The highest BCUT2D eigenvalue weighted by Gasteiger charge is 2.15. The second kappa shape index (κ2) is 5.25. The van der Waals surface area contributed by atoms with E-state index in [-0.39, 0.29) is 5.97 Å². The number of fused-ring (bicyclic) bond motifs is 2. The van der Waals surface area contributed by atoms with Crippen LogP contribution in [0.25, 0.3) is 0 Å². The minimum absolute atomic E-state index is 0.310. The molecule has 0 atom stereocenters. The Labute approximate surface area is 117 Å². The summed E-state index contributed by atoms with van der Waals surface area (Å²) in [6.07, 6.45) is 0. The third kappa shape index (κ3) is 2.32. The Hall–Kier alpha value is -2.49. The van der Waals surface area contributed by atoms with E-state index >= 15 is 0 Å². The number of nitrogens with one attached hydrogen (secondary N) is 1. The number of ether oxygens (including phenoxy) is 2. The van der Waals surface area contributed by atoms with E-state index in [1.165, 1.54) is 0 Å². The van der Waals surface area contributed by atoms with Crippen molar-refractivity contribution in [2.75, 3.05) is 11.9 Å². The van der Waals surface area contributed by atoms with Gasteiger partial charge in [-0.3, -0.25) is 0 Å². The molecule has 3 rings (SSSR count). The number of hydrogen-bond donors (Lipinski definition) is 1. The maximum absolute atomic E-state index is 11.8. The number of carbonyl (C=O) groups is 1. The van der Waals surface area contributed by atoms with Crippen LogP contribution in [0.3, 0.4) is 0 Å². The Bertz CT molecular complexity index is 652. The molecule has 4 heteroatoms. The number of para-hydroxylation sites is 2. The van der Waals surface area contributed by atoms with Gasteiger partial charge in [0.2, 0.25) is 0 Å². The zero-order valence-corrected chi connectivity index (χ0v) is 11.2. The summed E-state index contributed by atoms with van der Waals surface area (Å²) < 4.78 is 10.8. The monoisotopic (exact) mass is 269 g/mol. The molecule has 102 valence electrons. The van der Waals surface area contributed by atoms with Crippen LogP contribution in [0, 0.1) is 0 Å². The first-order chi connectivity index (χ1) is 9.78. The van der Waals surface area contributed by atoms with Gasteiger partial charge in [-0.25, -0.2) is 4.79 Å². The third-order valence-corrected chi connectivity index (χ3v) is 3.16. The molecule has 0 saturated carbocycles. The summed E-state index contributed by atoms with van der Waals surface area (Å²) in [6, 6.07) is 13.2. The van der Waals surface area contributed by atoms with Crippen LogP contribution in [0.5, 0.6) is 5.75 Å². The SMILES string of the molecule is CCOC(=O)c1ccc2c(c1)Nc1ccccc1OC2. The Kier molecular flexibility index (Phi) is 3.29. The number of anilines is 2. The fraction of sp³-hybridized carbons (Fsp3) is 0.188. The number of hydrogen-bond acceptors (Lipinski definition) is 4. The van der Waals surface area contributed by atoms with Crippen molar-refractivity contribution in [3.8, 4) is 5.75 Å². The van der Waals surface area contributed by atoms with Gasteiger partial charge in [-0.1, -0.05) is 18.2 Å². The lowest BCUT2D eigenvalue weighted by Gasteiger charge is -2.09. The summed E-state index contributed by atoms with van der Waals surface area (Å²) in [7, 11) is 0. The summed E-state index contributed by atoms with van der Waals surface area (Å²) in [5.74, 6) is 0.497. The molecular formula is C16H15NO3. The predicted molar refractivity (Wildman–Crippen MR) is 76.5 cm³/mol. The molecule has 1 heterocycles. The maximum Gasteiger partial charge on any atom is 0.338 e. The van der Waals surface area contributed by atoms with E-state index in [0.29, 0.717) is 18.8 Å². The van der Waals surface area contributed by atoms with Crippen molar-refractivity contribution in [1.82, 2.24) is 0 Å². The topological polar surface area (TPSA) is 47.6 Å². The van der Waals surface area contributed by atoms with Gasteiger partial charge in [0.1, 0.15) is 12.4 Å². The van der Waals surface area contributed by atoms with Crippen LogP contribution in [0.1, 0.15) is 22.8 Å². The molecule has 20 heavy (non-hydrogen) atoms. The first-order valence-electron chi connectivity index (χ1n) is 6.57. The summed E-state index contributed by atoms with van der Waals surface area (Å²) in [4.78, 5) is 11.8. The molecule has 0 aromatic heterocycles. The molecule has 0 radical (unpaired) electrons. The summed E-state index contributed by atoms with van der Waals surface area (Å²) >= 11 is 0. The molecule has 0 aliphatic carbocycles. The Balaban J connectivity index is 1.96. The molecule has 0 unspecified atom stereocenters. The van der Waals surface area contributed by atoms with Crippen LogP contribution in [0.2, 0.25) is 0 Å². The van der Waals surface area contributed by atoms with Gasteiger partial charge in [0.15, 0.2) is 0 Å². The van der Waals surface area contributed by atoms with Crippen LogP contribution in [0.4, 0.5) is 11.4 Å². The predicted octanol–water partition coefficient (Wildman–Crippen LogP) is 3.50. The minimum Gasteiger partial charge on any atom is -0.487 e. The first kappa shape index (κ1) is 12.5. The van der Waals surface area contributed by atoms with Crippen LogP contribution < -0.4 is 10.1 Å². The zero-order valence-electron chi connectivity index (χ0n) is 11.2. The molecule has 0 fully saturated rings. The smallest absolute Gasteiger partial charge is 0.338 e. The molecule has 0 spiro atoms. The van der Waals surface area contributed by atoms with Crippen molar-refractivity contribution in [3.05, 3.63) is 53.6 Å². The minimum atomic E-state index is -0.310. The highest BCUT2D eigenvalue weighted by molar-refractivity contribution is 5.91. The zero-order chi connectivity index (χ0) is 13.9. The molecule has 1 aliphatic heterocycles. The Morgan fingerprint density at radius 1 is 1.25 bits per heavy atom. The number of carbonyl (C=O) groups excluding carboxylic acids is 1. The van der Waals surface area contributed by atoms with E-state index in [2.05, 4.69) is 5.32 Å².